The molecule has 0 aromatic heterocycles. The molecule has 4 nitrogen and oxygen atoms in total. The summed E-state index contributed by atoms with van der Waals surface area (Å²) in [5.41, 5.74) is 8.73. The lowest BCUT2D eigenvalue weighted by atomic mass is 10.1. The lowest BCUT2D eigenvalue weighted by Gasteiger charge is -2.00. The number of imidazole rings is 1. The van der Waals surface area contributed by atoms with Crippen LogP contribution in [0.25, 0.3) is 22.6 Å². The molecule has 0 amide bonds. The van der Waals surface area contributed by atoms with Crippen LogP contribution in [0.2, 0.25) is 5.02 Å². The molecule has 0 bridgehead atoms. The summed E-state index contributed by atoms with van der Waals surface area (Å²) in [6.07, 6.45) is 1.71. The van der Waals surface area contributed by atoms with E-state index in [2.05, 4.69) is 15.0 Å². The lowest BCUT2D eigenvalue weighted by Crippen LogP contribution is -1.86. The van der Waals surface area contributed by atoms with Crippen molar-refractivity contribution in [2.24, 2.45) is 0 Å². The number of hydrogen-bond donors (Lipinski definition) is 1. The summed E-state index contributed by atoms with van der Waals surface area (Å²) in [4.78, 5) is 12.8. The maximum atomic E-state index is 5.88. The number of fused-ring (bicyclic) bond motifs is 1. The average molecular weight is 257 g/mol. The number of rotatable bonds is 1. The molecule has 1 aromatic rings. The SMILES string of the molecule is Nc1nc2cccnc(-c3ccc(Cl)cc3)c-2n1. The maximum Gasteiger partial charge on any atom is 0.221 e. The first-order valence-corrected chi connectivity index (χ1v) is 5.76. The van der Waals surface area contributed by atoms with Crippen LogP contribution in [0.5, 0.6) is 0 Å². The number of nitrogens with zero attached hydrogens (tertiary/aromatic N) is 3. The zero-order valence-corrected chi connectivity index (χ0v) is 10.1. The van der Waals surface area contributed by atoms with Gasteiger partial charge in [0.15, 0.2) is 0 Å². The van der Waals surface area contributed by atoms with Crippen LogP contribution in [0.15, 0.2) is 42.6 Å². The Hall–Kier alpha value is -2.20. The van der Waals surface area contributed by atoms with Crippen LogP contribution < -0.4 is 5.73 Å². The summed E-state index contributed by atoms with van der Waals surface area (Å²) in [6.45, 7) is 0. The standard InChI is InChI=1S/C13H9ClN4/c14-9-5-3-8(4-6-9)11-12-10(2-1-7-16-11)17-13(15)18-12/h1-7H,(H2,15,17,18). The van der Waals surface area contributed by atoms with Crippen molar-refractivity contribution in [3.8, 4) is 22.6 Å². The zero-order valence-electron chi connectivity index (χ0n) is 9.34. The fourth-order valence-corrected chi connectivity index (χ4v) is 1.92. The van der Waals surface area contributed by atoms with Crippen molar-refractivity contribution in [2.75, 3.05) is 5.73 Å². The van der Waals surface area contributed by atoms with Gasteiger partial charge in [0, 0.05) is 16.8 Å². The molecule has 0 atom stereocenters. The Morgan fingerprint density at radius 1 is 0.944 bits per heavy atom. The summed E-state index contributed by atoms with van der Waals surface area (Å²) >= 11 is 5.88. The highest BCUT2D eigenvalue weighted by Gasteiger charge is 2.14. The maximum absolute atomic E-state index is 5.88. The van der Waals surface area contributed by atoms with Crippen LogP contribution in [0, 0.1) is 0 Å². The first-order valence-electron chi connectivity index (χ1n) is 5.38. The smallest absolute Gasteiger partial charge is 0.221 e. The van der Waals surface area contributed by atoms with E-state index in [0.29, 0.717) is 10.7 Å². The van der Waals surface area contributed by atoms with Crippen LogP contribution in [-0.4, -0.2) is 15.0 Å². The minimum Gasteiger partial charge on any atom is -0.368 e. The molecule has 2 N–H and O–H groups in total. The predicted octanol–water partition coefficient (Wildman–Crippen LogP) is 2.88. The monoisotopic (exact) mass is 256 g/mol. The van der Waals surface area contributed by atoms with Crippen LogP contribution in [-0.2, 0) is 0 Å². The average Bonchev–Trinajstić information content (AvgIpc) is 2.61. The largest absolute Gasteiger partial charge is 0.368 e. The van der Waals surface area contributed by atoms with Crippen LogP contribution in [0.3, 0.4) is 0 Å². The van der Waals surface area contributed by atoms with Crippen molar-refractivity contribution < 1.29 is 0 Å². The van der Waals surface area contributed by atoms with E-state index in [1.165, 1.54) is 0 Å². The van der Waals surface area contributed by atoms with Crippen LogP contribution in [0.1, 0.15) is 0 Å². The van der Waals surface area contributed by atoms with Crippen molar-refractivity contribution in [3.05, 3.63) is 47.6 Å². The predicted molar refractivity (Wildman–Crippen MR) is 71.3 cm³/mol. The molecule has 2 aliphatic heterocycles. The third-order valence-corrected chi connectivity index (χ3v) is 2.84. The quantitative estimate of drug-likeness (QED) is 0.727. The summed E-state index contributed by atoms with van der Waals surface area (Å²) < 4.78 is 0. The molecular formula is C13H9ClN4. The Morgan fingerprint density at radius 3 is 2.50 bits per heavy atom. The molecule has 0 saturated carbocycles. The van der Waals surface area contributed by atoms with E-state index < -0.39 is 0 Å². The minimum absolute atomic E-state index is 0.258. The van der Waals surface area contributed by atoms with Gasteiger partial charge in [0.2, 0.25) is 5.95 Å². The Morgan fingerprint density at radius 2 is 1.72 bits per heavy atom. The van der Waals surface area contributed by atoms with Gasteiger partial charge < -0.3 is 5.73 Å². The second-order valence-electron chi connectivity index (χ2n) is 3.81. The van der Waals surface area contributed by atoms with Crippen molar-refractivity contribution in [1.82, 2.24) is 15.0 Å². The summed E-state index contributed by atoms with van der Waals surface area (Å²) in [7, 11) is 0. The molecule has 0 aliphatic carbocycles. The molecule has 0 fully saturated rings. The van der Waals surface area contributed by atoms with Crippen LogP contribution >= 0.6 is 11.6 Å². The second-order valence-corrected chi connectivity index (χ2v) is 4.24. The second kappa shape index (κ2) is 4.23. The molecule has 0 spiro atoms. The first kappa shape index (κ1) is 10.9. The number of halogens is 1. The Kier molecular flexibility index (Phi) is 2.57. The highest BCUT2D eigenvalue weighted by atomic mass is 35.5. The normalized spacial score (nSPS) is 10.7. The summed E-state index contributed by atoms with van der Waals surface area (Å²) in [5, 5.41) is 0.684. The number of aromatic nitrogens is 3. The van der Waals surface area contributed by atoms with Gasteiger partial charge in [-0.2, -0.15) is 0 Å². The van der Waals surface area contributed by atoms with Gasteiger partial charge >= 0.3 is 0 Å². The highest BCUT2D eigenvalue weighted by molar-refractivity contribution is 6.30. The lowest BCUT2D eigenvalue weighted by molar-refractivity contribution is 1.30. The van der Waals surface area contributed by atoms with Gasteiger partial charge in [0.05, 0.1) is 11.4 Å². The van der Waals surface area contributed by atoms with E-state index in [0.717, 1.165) is 17.0 Å². The number of benzene rings is 1. The van der Waals surface area contributed by atoms with E-state index in [9.17, 15) is 0 Å². The molecule has 88 valence electrons. The Balaban J connectivity index is 2.24. The fraction of sp³-hybridized carbons (Fsp3) is 0. The number of hydrogen-bond acceptors (Lipinski definition) is 4. The molecule has 2 aliphatic rings. The first-order chi connectivity index (χ1) is 8.74. The molecule has 2 heterocycles. The van der Waals surface area contributed by atoms with Crippen molar-refractivity contribution in [2.45, 2.75) is 0 Å². The summed E-state index contributed by atoms with van der Waals surface area (Å²) in [5.74, 6) is 0.258. The minimum atomic E-state index is 0.258. The van der Waals surface area contributed by atoms with Gasteiger partial charge in [-0.05, 0) is 24.3 Å². The molecule has 18 heavy (non-hydrogen) atoms. The Labute approximate surface area is 109 Å². The van der Waals surface area contributed by atoms with E-state index in [1.54, 1.807) is 6.20 Å². The van der Waals surface area contributed by atoms with Gasteiger partial charge in [-0.3, -0.25) is 4.98 Å². The topological polar surface area (TPSA) is 64.7 Å². The van der Waals surface area contributed by atoms with Gasteiger partial charge in [-0.1, -0.05) is 23.7 Å². The van der Waals surface area contributed by atoms with Gasteiger partial charge in [-0.25, -0.2) is 9.97 Å². The number of nitrogens with two attached hydrogens (primary N) is 1. The molecular weight excluding hydrogens is 248 g/mol. The third-order valence-electron chi connectivity index (χ3n) is 2.59. The molecule has 0 radical (unpaired) electrons. The summed E-state index contributed by atoms with van der Waals surface area (Å²) in [6, 6.07) is 11.1. The number of nitrogen functional groups attached to an aromatic ring is 1. The van der Waals surface area contributed by atoms with Crippen molar-refractivity contribution in [1.29, 1.82) is 0 Å². The Bertz CT molecular complexity index is 666. The van der Waals surface area contributed by atoms with Gasteiger partial charge in [0.25, 0.3) is 0 Å². The molecule has 0 saturated heterocycles. The van der Waals surface area contributed by atoms with E-state index in [1.807, 2.05) is 36.4 Å². The van der Waals surface area contributed by atoms with Crippen LogP contribution in [0.4, 0.5) is 5.95 Å². The molecule has 0 unspecified atom stereocenters. The molecule has 1 aromatic carbocycles. The van der Waals surface area contributed by atoms with Crippen molar-refractivity contribution >= 4 is 17.5 Å². The third kappa shape index (κ3) is 1.87. The van der Waals surface area contributed by atoms with Gasteiger partial charge in [-0.15, -0.1) is 0 Å². The van der Waals surface area contributed by atoms with E-state index in [4.69, 9.17) is 17.3 Å². The highest BCUT2D eigenvalue weighted by Crippen LogP contribution is 2.29. The molecule has 3 rings (SSSR count). The van der Waals surface area contributed by atoms with Gasteiger partial charge in [0.1, 0.15) is 5.69 Å². The number of anilines is 1. The zero-order chi connectivity index (χ0) is 12.5. The van der Waals surface area contributed by atoms with Crippen molar-refractivity contribution in [3.63, 3.8) is 0 Å². The van der Waals surface area contributed by atoms with E-state index in [-0.39, 0.29) is 5.95 Å². The van der Waals surface area contributed by atoms with E-state index >= 15 is 0 Å². The molecule has 5 heteroatoms. The fourth-order valence-electron chi connectivity index (χ4n) is 1.80.